The summed E-state index contributed by atoms with van der Waals surface area (Å²) in [6, 6.07) is 8.59. The van der Waals surface area contributed by atoms with Gasteiger partial charge in [-0.05, 0) is 37.1 Å². The molecule has 4 amide bonds. The summed E-state index contributed by atoms with van der Waals surface area (Å²) in [5.41, 5.74) is 1.80. The van der Waals surface area contributed by atoms with Crippen LogP contribution < -0.4 is 10.6 Å². The van der Waals surface area contributed by atoms with Gasteiger partial charge >= 0.3 is 0 Å². The molecule has 3 heterocycles. The zero-order valence-corrected chi connectivity index (χ0v) is 22.8. The number of benzene rings is 2. The fourth-order valence-electron chi connectivity index (χ4n) is 5.28. The molecule has 40 heavy (non-hydrogen) atoms. The van der Waals surface area contributed by atoms with Gasteiger partial charge in [0.15, 0.2) is 0 Å². The maximum Gasteiger partial charge on any atom is 0.264 e. The number of piperazine rings is 1. The number of nitrogens with one attached hydrogen (secondary N) is 2. The largest absolute Gasteiger partial charge is 0.380 e. The van der Waals surface area contributed by atoms with Crippen LogP contribution in [0.15, 0.2) is 36.4 Å². The molecule has 0 aliphatic carbocycles. The number of carbonyl (C=O) groups excluding carboxylic acids is 4. The molecule has 11 nitrogen and oxygen atoms in total. The summed E-state index contributed by atoms with van der Waals surface area (Å²) in [5, 5.41) is 5.29. The number of hydrogen-bond acceptors (Lipinski definition) is 8. The van der Waals surface area contributed by atoms with Crippen LogP contribution in [0.5, 0.6) is 0 Å². The van der Waals surface area contributed by atoms with Gasteiger partial charge in [-0.3, -0.25) is 34.3 Å². The van der Waals surface area contributed by atoms with Gasteiger partial charge in [0.1, 0.15) is 11.9 Å². The summed E-state index contributed by atoms with van der Waals surface area (Å²) < 4.78 is 40.6. The Kier molecular flexibility index (Phi) is 7.71. The molecule has 0 radical (unpaired) electrons. The van der Waals surface area contributed by atoms with E-state index in [2.05, 4.69) is 10.6 Å². The third-order valence-corrected chi connectivity index (χ3v) is 9.43. The molecule has 3 aliphatic heterocycles. The van der Waals surface area contributed by atoms with E-state index in [1.165, 1.54) is 16.4 Å². The number of fused-ring (bicyclic) bond motifs is 1. The minimum Gasteiger partial charge on any atom is -0.380 e. The highest BCUT2D eigenvalue weighted by molar-refractivity contribution is 7.89. The van der Waals surface area contributed by atoms with Crippen LogP contribution in [-0.4, -0.2) is 84.1 Å². The first kappa shape index (κ1) is 27.9. The van der Waals surface area contributed by atoms with Crippen molar-refractivity contribution in [3.8, 4) is 0 Å². The van der Waals surface area contributed by atoms with E-state index in [1.54, 1.807) is 31.2 Å². The van der Waals surface area contributed by atoms with E-state index >= 15 is 0 Å². The van der Waals surface area contributed by atoms with Crippen LogP contribution in [0.2, 0.25) is 0 Å². The van der Waals surface area contributed by atoms with Gasteiger partial charge in [-0.2, -0.15) is 4.31 Å². The molecule has 0 bridgehead atoms. The summed E-state index contributed by atoms with van der Waals surface area (Å²) in [6.45, 7) is 3.95. The molecule has 3 aliphatic rings. The summed E-state index contributed by atoms with van der Waals surface area (Å²) in [6.07, 6.45) is 0.103. The van der Waals surface area contributed by atoms with Crippen LogP contribution >= 0.6 is 0 Å². The van der Waals surface area contributed by atoms with Crippen molar-refractivity contribution in [1.82, 2.24) is 19.4 Å². The smallest absolute Gasteiger partial charge is 0.264 e. The topological polar surface area (TPSA) is 136 Å². The van der Waals surface area contributed by atoms with Crippen molar-refractivity contribution in [2.45, 2.75) is 38.9 Å². The number of amides is 4. The molecule has 5 rings (SSSR count). The molecule has 1 unspecified atom stereocenters. The Morgan fingerprint density at radius 3 is 2.45 bits per heavy atom. The maximum atomic E-state index is 15.0. The van der Waals surface area contributed by atoms with Crippen LogP contribution in [0.1, 0.15) is 51.6 Å². The molecule has 2 aromatic rings. The van der Waals surface area contributed by atoms with Gasteiger partial charge in [0.25, 0.3) is 11.8 Å². The molecule has 13 heteroatoms. The average molecular weight is 572 g/mol. The van der Waals surface area contributed by atoms with Gasteiger partial charge in [0.2, 0.25) is 21.8 Å². The fourth-order valence-corrected chi connectivity index (χ4v) is 6.36. The predicted molar refractivity (Wildman–Crippen MR) is 143 cm³/mol. The monoisotopic (exact) mass is 571 g/mol. The lowest BCUT2D eigenvalue weighted by atomic mass is 10.0. The van der Waals surface area contributed by atoms with Gasteiger partial charge in [0.05, 0.1) is 16.9 Å². The predicted octanol–water partition coefficient (Wildman–Crippen LogP) is 1.31. The van der Waals surface area contributed by atoms with Crippen molar-refractivity contribution >= 4 is 39.3 Å². The lowest BCUT2D eigenvalue weighted by molar-refractivity contribution is -0.136. The van der Waals surface area contributed by atoms with E-state index in [1.807, 2.05) is 4.90 Å². The van der Waals surface area contributed by atoms with Crippen molar-refractivity contribution < 1.29 is 32.0 Å². The molecular weight excluding hydrogens is 541 g/mol. The second-order valence-corrected chi connectivity index (χ2v) is 12.3. The molecule has 1 atom stereocenters. The zero-order chi connectivity index (χ0) is 28.6. The van der Waals surface area contributed by atoms with Crippen molar-refractivity contribution in [1.29, 1.82) is 0 Å². The molecule has 0 spiro atoms. The number of rotatable bonds is 8. The van der Waals surface area contributed by atoms with Crippen LogP contribution in [0, 0.1) is 5.82 Å². The van der Waals surface area contributed by atoms with Crippen molar-refractivity contribution in [3.05, 3.63) is 64.5 Å². The molecule has 0 saturated carbocycles. The zero-order valence-electron chi connectivity index (χ0n) is 22.0. The summed E-state index contributed by atoms with van der Waals surface area (Å²) in [4.78, 5) is 53.0. The van der Waals surface area contributed by atoms with Gasteiger partial charge in [-0.1, -0.05) is 18.2 Å². The Labute approximate surface area is 231 Å². The Bertz CT molecular complexity index is 1490. The third kappa shape index (κ3) is 5.36. The standard InChI is InChI=1S/C27H30FN5O6S/c1-2-40(38,39)32-12-10-31(11-13-32)16-18-7-6-17(14-20(18)28)15-29-21-5-3-4-19-24(21)27(37)33(26(19)36)22-8-9-23(34)30-25(22)35/h3-7,14,22,29H,2,8-13,15-16H2,1H3,(H,30,34,35). The third-order valence-electron chi connectivity index (χ3n) is 7.55. The number of imide groups is 2. The van der Waals surface area contributed by atoms with E-state index in [-0.39, 0.29) is 36.3 Å². The Hall–Kier alpha value is -3.68. The SMILES string of the molecule is CCS(=O)(=O)N1CCN(Cc2ccc(CNc3cccc4c3C(=O)N(C3CCC(=O)NC3=O)C4=O)cc2F)CC1. The molecule has 212 valence electrons. The van der Waals surface area contributed by atoms with Crippen molar-refractivity contribution in [2.24, 2.45) is 0 Å². The maximum absolute atomic E-state index is 15.0. The molecule has 2 saturated heterocycles. The first-order valence-electron chi connectivity index (χ1n) is 13.1. The van der Waals surface area contributed by atoms with E-state index in [9.17, 15) is 32.0 Å². The molecule has 2 aromatic carbocycles. The highest BCUT2D eigenvalue weighted by atomic mass is 32.2. The van der Waals surface area contributed by atoms with Gasteiger partial charge in [-0.25, -0.2) is 12.8 Å². The van der Waals surface area contributed by atoms with E-state index < -0.39 is 45.5 Å². The fraction of sp³-hybridized carbons (Fsp3) is 0.407. The minimum absolute atomic E-state index is 0.0352. The number of carbonyl (C=O) groups is 4. The van der Waals surface area contributed by atoms with Crippen LogP contribution in [0.3, 0.4) is 0 Å². The van der Waals surface area contributed by atoms with Crippen LogP contribution in [-0.2, 0) is 32.7 Å². The van der Waals surface area contributed by atoms with E-state index in [4.69, 9.17) is 0 Å². The normalized spacial score (nSPS) is 20.6. The minimum atomic E-state index is -3.23. The second kappa shape index (κ2) is 11.1. The number of piperidine rings is 1. The Morgan fingerprint density at radius 1 is 1.02 bits per heavy atom. The number of halogens is 1. The average Bonchev–Trinajstić information content (AvgIpc) is 3.19. The summed E-state index contributed by atoms with van der Waals surface area (Å²) >= 11 is 0. The quantitative estimate of drug-likeness (QED) is 0.453. The number of nitrogens with zero attached hydrogens (tertiary/aromatic N) is 3. The Balaban J connectivity index is 1.23. The Morgan fingerprint density at radius 2 is 1.77 bits per heavy atom. The first-order chi connectivity index (χ1) is 19.1. The first-order valence-corrected chi connectivity index (χ1v) is 14.8. The van der Waals surface area contributed by atoms with E-state index in [0.29, 0.717) is 49.5 Å². The molecule has 0 aromatic heterocycles. The van der Waals surface area contributed by atoms with E-state index in [0.717, 1.165) is 4.90 Å². The number of anilines is 1. The highest BCUT2D eigenvalue weighted by Gasteiger charge is 2.45. The van der Waals surface area contributed by atoms with Crippen LogP contribution in [0.25, 0.3) is 0 Å². The second-order valence-electron chi connectivity index (χ2n) is 10.0. The number of hydrogen-bond donors (Lipinski definition) is 2. The highest BCUT2D eigenvalue weighted by Crippen LogP contribution is 2.32. The summed E-state index contributed by atoms with van der Waals surface area (Å²) in [7, 11) is -3.23. The van der Waals surface area contributed by atoms with Crippen LogP contribution in [0.4, 0.5) is 10.1 Å². The number of sulfonamides is 1. The molecule has 2 N–H and O–H groups in total. The lowest BCUT2D eigenvalue weighted by Gasteiger charge is -2.33. The van der Waals surface area contributed by atoms with Crippen molar-refractivity contribution in [3.63, 3.8) is 0 Å². The van der Waals surface area contributed by atoms with Crippen molar-refractivity contribution in [2.75, 3.05) is 37.2 Å². The van der Waals surface area contributed by atoms with Gasteiger partial charge < -0.3 is 5.32 Å². The van der Waals surface area contributed by atoms with Gasteiger partial charge in [0, 0.05) is 56.9 Å². The van der Waals surface area contributed by atoms with Gasteiger partial charge in [-0.15, -0.1) is 0 Å². The lowest BCUT2D eigenvalue weighted by Crippen LogP contribution is -2.54. The molecular formula is C27H30FN5O6S. The summed E-state index contributed by atoms with van der Waals surface area (Å²) in [5.74, 6) is -2.66. The molecule has 2 fully saturated rings.